The molecule has 0 unspecified atom stereocenters. The van der Waals surface area contributed by atoms with Crippen LogP contribution in [0.2, 0.25) is 0 Å². The average molecular weight is 247 g/mol. The quantitative estimate of drug-likeness (QED) is 0.474. The van der Waals surface area contributed by atoms with Gasteiger partial charge >= 0.3 is 0 Å². The normalized spacial score (nSPS) is 31.6. The summed E-state index contributed by atoms with van der Waals surface area (Å²) in [5, 5.41) is 18.3. The SMILES string of the molecule is CC(/C=C/C(=O)[C@]1(C)C[C@@H](O)CC1(C)C)=C\C#N. The van der Waals surface area contributed by atoms with Crippen LogP contribution in [-0.4, -0.2) is 17.0 Å². The number of ketones is 1. The fraction of sp³-hybridized carbons (Fsp3) is 0.600. The summed E-state index contributed by atoms with van der Waals surface area (Å²) in [4.78, 5) is 12.3. The van der Waals surface area contributed by atoms with Gasteiger partial charge < -0.3 is 5.11 Å². The van der Waals surface area contributed by atoms with E-state index in [-0.39, 0.29) is 11.2 Å². The van der Waals surface area contributed by atoms with Crippen LogP contribution in [0, 0.1) is 22.2 Å². The van der Waals surface area contributed by atoms with Crippen molar-refractivity contribution < 1.29 is 9.90 Å². The number of hydrogen-bond acceptors (Lipinski definition) is 3. The number of nitriles is 1. The third-order valence-corrected chi connectivity index (χ3v) is 4.22. The fourth-order valence-corrected chi connectivity index (χ4v) is 2.61. The molecule has 0 bridgehead atoms. The van der Waals surface area contributed by atoms with Crippen LogP contribution in [0.25, 0.3) is 0 Å². The molecule has 2 atom stereocenters. The topological polar surface area (TPSA) is 61.1 Å². The highest BCUT2D eigenvalue weighted by atomic mass is 16.3. The smallest absolute Gasteiger partial charge is 0.162 e. The second-order valence-corrected chi connectivity index (χ2v) is 5.99. The van der Waals surface area contributed by atoms with E-state index in [4.69, 9.17) is 5.26 Å². The van der Waals surface area contributed by atoms with Crippen LogP contribution >= 0.6 is 0 Å². The van der Waals surface area contributed by atoms with E-state index in [0.29, 0.717) is 12.8 Å². The van der Waals surface area contributed by atoms with Gasteiger partial charge in [0.15, 0.2) is 5.78 Å². The molecule has 0 spiro atoms. The molecule has 3 nitrogen and oxygen atoms in total. The molecule has 3 heteroatoms. The van der Waals surface area contributed by atoms with Gasteiger partial charge in [-0.25, -0.2) is 0 Å². The van der Waals surface area contributed by atoms with Crippen molar-refractivity contribution in [2.24, 2.45) is 10.8 Å². The summed E-state index contributed by atoms with van der Waals surface area (Å²) in [6.45, 7) is 7.74. The van der Waals surface area contributed by atoms with Crippen LogP contribution in [0.5, 0.6) is 0 Å². The average Bonchev–Trinajstić information content (AvgIpc) is 2.45. The molecule has 0 amide bonds. The van der Waals surface area contributed by atoms with Crippen LogP contribution in [0.4, 0.5) is 0 Å². The van der Waals surface area contributed by atoms with Crippen molar-refractivity contribution in [3.63, 3.8) is 0 Å². The summed E-state index contributed by atoms with van der Waals surface area (Å²) >= 11 is 0. The van der Waals surface area contributed by atoms with E-state index in [0.717, 1.165) is 5.57 Å². The van der Waals surface area contributed by atoms with Crippen LogP contribution in [0.1, 0.15) is 40.5 Å². The van der Waals surface area contributed by atoms with Gasteiger partial charge in [-0.15, -0.1) is 0 Å². The third-order valence-electron chi connectivity index (χ3n) is 4.22. The highest BCUT2D eigenvalue weighted by molar-refractivity contribution is 5.95. The zero-order valence-corrected chi connectivity index (χ0v) is 11.5. The van der Waals surface area contributed by atoms with Crippen LogP contribution in [0.3, 0.4) is 0 Å². The number of hydrogen-bond donors (Lipinski definition) is 1. The lowest BCUT2D eigenvalue weighted by atomic mass is 9.66. The predicted molar refractivity (Wildman–Crippen MR) is 70.6 cm³/mol. The Morgan fingerprint density at radius 1 is 1.33 bits per heavy atom. The maximum atomic E-state index is 12.3. The van der Waals surface area contributed by atoms with E-state index in [9.17, 15) is 9.90 Å². The van der Waals surface area contributed by atoms with Crippen LogP contribution in [-0.2, 0) is 4.79 Å². The van der Waals surface area contributed by atoms with Crippen molar-refractivity contribution in [2.45, 2.75) is 46.6 Å². The number of aliphatic hydroxyl groups is 1. The second kappa shape index (κ2) is 5.07. The Bertz CT molecular complexity index is 440. The first-order chi connectivity index (χ1) is 8.23. The Labute approximate surface area is 109 Å². The van der Waals surface area contributed by atoms with Crippen molar-refractivity contribution in [1.82, 2.24) is 0 Å². The van der Waals surface area contributed by atoms with Gasteiger partial charge in [-0.1, -0.05) is 26.8 Å². The first-order valence-electron chi connectivity index (χ1n) is 6.20. The van der Waals surface area contributed by atoms with E-state index in [2.05, 4.69) is 0 Å². The molecular formula is C15H21NO2. The number of allylic oxidation sites excluding steroid dienone is 4. The van der Waals surface area contributed by atoms with Crippen molar-refractivity contribution in [1.29, 1.82) is 5.26 Å². The molecule has 1 aliphatic rings. The van der Waals surface area contributed by atoms with Crippen molar-refractivity contribution in [2.75, 3.05) is 0 Å². The lowest BCUT2D eigenvalue weighted by molar-refractivity contribution is -0.127. The largest absolute Gasteiger partial charge is 0.393 e. The third kappa shape index (κ3) is 2.70. The van der Waals surface area contributed by atoms with E-state index in [1.807, 2.05) is 26.8 Å². The van der Waals surface area contributed by atoms with Gasteiger partial charge in [0.05, 0.1) is 12.2 Å². The summed E-state index contributed by atoms with van der Waals surface area (Å²) in [7, 11) is 0. The first-order valence-corrected chi connectivity index (χ1v) is 6.20. The number of carbonyl (C=O) groups excluding carboxylic acids is 1. The van der Waals surface area contributed by atoms with Crippen LogP contribution < -0.4 is 0 Å². The van der Waals surface area contributed by atoms with E-state index < -0.39 is 11.5 Å². The highest BCUT2D eigenvalue weighted by Crippen LogP contribution is 2.53. The second-order valence-electron chi connectivity index (χ2n) is 5.99. The Morgan fingerprint density at radius 3 is 2.39 bits per heavy atom. The lowest BCUT2D eigenvalue weighted by Gasteiger charge is -2.35. The molecule has 1 aliphatic carbocycles. The van der Waals surface area contributed by atoms with Gasteiger partial charge in [0, 0.05) is 11.5 Å². The predicted octanol–water partition coefficient (Wildman–Crippen LogP) is 2.77. The molecule has 1 fully saturated rings. The zero-order chi connectivity index (χ0) is 14.0. The number of aliphatic hydroxyl groups excluding tert-OH is 1. The molecule has 0 aromatic heterocycles. The Kier molecular flexibility index (Phi) is 4.13. The van der Waals surface area contributed by atoms with Gasteiger partial charge in [0.1, 0.15) is 0 Å². The molecule has 0 saturated heterocycles. The zero-order valence-electron chi connectivity index (χ0n) is 11.5. The minimum atomic E-state index is -0.532. The number of rotatable bonds is 3. The Balaban J connectivity index is 2.91. The molecule has 0 aromatic rings. The molecule has 1 saturated carbocycles. The summed E-state index contributed by atoms with van der Waals surface area (Å²) in [6, 6.07) is 1.93. The minimum absolute atomic E-state index is 0.0229. The Hall–Kier alpha value is -1.40. The summed E-state index contributed by atoms with van der Waals surface area (Å²) in [6.07, 6.45) is 5.35. The van der Waals surface area contributed by atoms with E-state index >= 15 is 0 Å². The molecule has 1 N–H and O–H groups in total. The van der Waals surface area contributed by atoms with E-state index in [1.165, 1.54) is 12.2 Å². The van der Waals surface area contributed by atoms with Crippen molar-refractivity contribution in [3.05, 3.63) is 23.8 Å². The molecule has 98 valence electrons. The molecule has 0 radical (unpaired) electrons. The van der Waals surface area contributed by atoms with Gasteiger partial charge in [-0.05, 0) is 36.8 Å². The molecule has 0 aliphatic heterocycles. The molecular weight excluding hydrogens is 226 g/mol. The molecule has 0 heterocycles. The first kappa shape index (κ1) is 14.7. The summed E-state index contributed by atoms with van der Waals surface area (Å²) < 4.78 is 0. The van der Waals surface area contributed by atoms with E-state index in [1.54, 1.807) is 13.0 Å². The van der Waals surface area contributed by atoms with Crippen molar-refractivity contribution >= 4 is 5.78 Å². The molecule has 1 rings (SSSR count). The molecule has 0 aromatic carbocycles. The van der Waals surface area contributed by atoms with Gasteiger partial charge in [0.25, 0.3) is 0 Å². The fourth-order valence-electron chi connectivity index (χ4n) is 2.61. The monoisotopic (exact) mass is 247 g/mol. The van der Waals surface area contributed by atoms with Crippen LogP contribution in [0.15, 0.2) is 23.8 Å². The summed E-state index contributed by atoms with van der Waals surface area (Å²) in [5.74, 6) is 0.0229. The lowest BCUT2D eigenvalue weighted by Crippen LogP contribution is -2.36. The summed E-state index contributed by atoms with van der Waals surface area (Å²) in [5.41, 5.74) is 0.0158. The van der Waals surface area contributed by atoms with Crippen molar-refractivity contribution in [3.8, 4) is 6.07 Å². The molecule has 18 heavy (non-hydrogen) atoms. The standard InChI is InChI=1S/C15H21NO2/c1-11(7-8-16)5-6-13(18)15(4)10-12(17)9-14(15,2)3/h5-7,12,17H,9-10H2,1-4H3/b6-5+,11-7+/t12-,15-/m0/s1. The highest BCUT2D eigenvalue weighted by Gasteiger charge is 2.52. The van der Waals surface area contributed by atoms with Gasteiger partial charge in [-0.2, -0.15) is 5.26 Å². The maximum Gasteiger partial charge on any atom is 0.162 e. The minimum Gasteiger partial charge on any atom is -0.393 e. The number of nitrogens with zero attached hydrogens (tertiary/aromatic N) is 1. The maximum absolute atomic E-state index is 12.3. The number of carbonyl (C=O) groups is 1. The van der Waals surface area contributed by atoms with Gasteiger partial charge in [-0.3, -0.25) is 4.79 Å². The van der Waals surface area contributed by atoms with Gasteiger partial charge in [0.2, 0.25) is 0 Å². The Morgan fingerprint density at radius 2 is 1.94 bits per heavy atom.